The lowest BCUT2D eigenvalue weighted by atomic mass is 9.57. The van der Waals surface area contributed by atoms with Crippen molar-refractivity contribution in [2.75, 3.05) is 18.8 Å². The Morgan fingerprint density at radius 3 is 2.66 bits per heavy atom. The quantitative estimate of drug-likeness (QED) is 0.0976. The molecule has 3 saturated carbocycles. The first-order chi connectivity index (χ1) is 21.3. The van der Waals surface area contributed by atoms with Crippen molar-refractivity contribution >= 4 is 18.0 Å². The van der Waals surface area contributed by atoms with E-state index in [9.17, 15) is 10.4 Å². The normalized spacial score (nSPS) is 28.7. The minimum Gasteiger partial charge on any atom is -0.393 e. The molecule has 7 nitrogen and oxygen atoms in total. The van der Waals surface area contributed by atoms with Crippen molar-refractivity contribution in [3.05, 3.63) is 47.6 Å². The van der Waals surface area contributed by atoms with Gasteiger partial charge in [-0.25, -0.2) is 9.98 Å². The highest BCUT2D eigenvalue weighted by Crippen LogP contribution is 2.51. The summed E-state index contributed by atoms with van der Waals surface area (Å²) in [4.78, 5) is 8.93. The molecule has 2 bridgehead atoms. The number of aliphatic hydroxyl groups is 1. The summed E-state index contributed by atoms with van der Waals surface area (Å²) in [6.45, 7) is 17.1. The number of fused-ring (bicyclic) bond motifs is 2. The Kier molecular flexibility index (Phi) is 15.3. The zero-order chi connectivity index (χ0) is 32.0. The lowest BCUT2D eigenvalue weighted by Crippen LogP contribution is -2.52. The first kappa shape index (κ1) is 36.1. The largest absolute Gasteiger partial charge is 0.393 e. The average Bonchev–Trinajstić information content (AvgIpc) is 3.05. The summed E-state index contributed by atoms with van der Waals surface area (Å²) >= 11 is 1.72. The third-order valence-electron chi connectivity index (χ3n) is 9.89. The Morgan fingerprint density at radius 1 is 1.18 bits per heavy atom. The molecule has 4 N–H and O–H groups in total. The summed E-state index contributed by atoms with van der Waals surface area (Å²) in [7, 11) is 0. The van der Waals surface area contributed by atoms with E-state index < -0.39 is 0 Å². The first-order valence-corrected chi connectivity index (χ1v) is 18.1. The van der Waals surface area contributed by atoms with Gasteiger partial charge in [-0.05, 0) is 106 Å². The van der Waals surface area contributed by atoms with Crippen LogP contribution in [0.4, 0.5) is 0 Å². The predicted molar refractivity (Wildman–Crippen MR) is 185 cm³/mol. The van der Waals surface area contributed by atoms with Crippen molar-refractivity contribution in [3.63, 3.8) is 0 Å². The topological polar surface area (TPSA) is 105 Å². The summed E-state index contributed by atoms with van der Waals surface area (Å²) < 4.78 is 0. The number of aliphatic imine (C=N–C) groups is 1. The number of nitriles is 1. The molecule has 1 unspecified atom stereocenters. The SMILES string of the molecule is C=C(/N=C\C(C#N)=C(/C)NC[C@@]12CC[C@@H](NCC3CCC(O)CC3)[C@@H](CC(CC)C1)C2)NCc1cccnc1SCC.CC. The van der Waals surface area contributed by atoms with Gasteiger partial charge in [0.25, 0.3) is 0 Å². The molecule has 1 aromatic rings. The van der Waals surface area contributed by atoms with Gasteiger partial charge in [-0.15, -0.1) is 11.8 Å². The minimum absolute atomic E-state index is 0.0796. The second-order valence-corrected chi connectivity index (χ2v) is 14.1. The second kappa shape index (κ2) is 18.6. The van der Waals surface area contributed by atoms with Crippen LogP contribution in [0, 0.1) is 34.5 Å². The number of nitrogens with zero attached hydrogens (tertiary/aromatic N) is 3. The van der Waals surface area contributed by atoms with Crippen molar-refractivity contribution < 1.29 is 5.11 Å². The third kappa shape index (κ3) is 10.6. The zero-order valence-electron chi connectivity index (χ0n) is 28.0. The van der Waals surface area contributed by atoms with Gasteiger partial charge >= 0.3 is 0 Å². The molecule has 8 heteroatoms. The molecule has 44 heavy (non-hydrogen) atoms. The number of hydrogen-bond acceptors (Lipinski definition) is 8. The van der Waals surface area contributed by atoms with Gasteiger partial charge in [0, 0.05) is 42.8 Å². The maximum absolute atomic E-state index is 9.90. The lowest BCUT2D eigenvalue weighted by Gasteiger charge is -2.52. The number of rotatable bonds is 14. The molecule has 0 amide bonds. The molecule has 0 spiro atoms. The van der Waals surface area contributed by atoms with Crippen LogP contribution in [0.15, 0.2) is 52.0 Å². The molecule has 244 valence electrons. The Labute approximate surface area is 271 Å². The number of aliphatic hydroxyl groups excluding tert-OH is 1. The van der Waals surface area contributed by atoms with Crippen LogP contribution in [0.2, 0.25) is 0 Å². The Hall–Kier alpha value is -2.34. The Bertz CT molecular complexity index is 1140. The van der Waals surface area contributed by atoms with Crippen LogP contribution in [0.1, 0.15) is 104 Å². The Morgan fingerprint density at radius 2 is 1.95 bits per heavy atom. The molecule has 1 aromatic heterocycles. The molecule has 4 atom stereocenters. The van der Waals surface area contributed by atoms with Crippen LogP contribution in [0.5, 0.6) is 0 Å². The average molecular weight is 623 g/mol. The Balaban J connectivity index is 0.00000259. The van der Waals surface area contributed by atoms with Gasteiger partial charge in [0.05, 0.1) is 11.7 Å². The number of thioether (sulfide) groups is 1. The fraction of sp³-hybridized carbons (Fsp3) is 0.694. The fourth-order valence-corrected chi connectivity index (χ4v) is 8.10. The fourth-order valence-electron chi connectivity index (χ4n) is 7.37. The molecule has 0 radical (unpaired) electrons. The van der Waals surface area contributed by atoms with Crippen LogP contribution in [-0.2, 0) is 6.54 Å². The summed E-state index contributed by atoms with van der Waals surface area (Å²) in [5.74, 6) is 3.70. The molecule has 0 saturated heterocycles. The predicted octanol–water partition coefficient (Wildman–Crippen LogP) is 7.35. The van der Waals surface area contributed by atoms with Crippen molar-refractivity contribution in [1.29, 1.82) is 5.26 Å². The van der Waals surface area contributed by atoms with Gasteiger partial charge in [-0.1, -0.05) is 46.8 Å². The van der Waals surface area contributed by atoms with Crippen LogP contribution in [0.25, 0.3) is 0 Å². The summed E-state index contributed by atoms with van der Waals surface area (Å²) in [6.07, 6.45) is 15.2. The van der Waals surface area contributed by atoms with Gasteiger partial charge in [0.2, 0.25) is 0 Å². The number of allylic oxidation sites excluding steroid dienone is 2. The monoisotopic (exact) mass is 622 g/mol. The van der Waals surface area contributed by atoms with Gasteiger partial charge in [-0.2, -0.15) is 5.26 Å². The molecule has 0 aromatic carbocycles. The van der Waals surface area contributed by atoms with Crippen molar-refractivity contribution in [2.45, 2.75) is 123 Å². The van der Waals surface area contributed by atoms with Crippen LogP contribution >= 0.6 is 11.8 Å². The van der Waals surface area contributed by atoms with Crippen LogP contribution in [0.3, 0.4) is 0 Å². The highest BCUT2D eigenvalue weighted by molar-refractivity contribution is 7.99. The summed E-state index contributed by atoms with van der Waals surface area (Å²) in [6, 6.07) is 6.95. The summed E-state index contributed by atoms with van der Waals surface area (Å²) in [5.41, 5.74) is 2.83. The van der Waals surface area contributed by atoms with E-state index in [2.05, 4.69) is 58.5 Å². The van der Waals surface area contributed by atoms with Crippen molar-refractivity contribution in [2.24, 2.45) is 28.2 Å². The van der Waals surface area contributed by atoms with E-state index in [4.69, 9.17) is 0 Å². The van der Waals surface area contributed by atoms with E-state index in [0.29, 0.717) is 35.3 Å². The molecule has 3 fully saturated rings. The van der Waals surface area contributed by atoms with Crippen LogP contribution in [-0.4, -0.2) is 47.3 Å². The maximum Gasteiger partial charge on any atom is 0.118 e. The molecule has 3 aliphatic rings. The zero-order valence-corrected chi connectivity index (χ0v) is 28.8. The van der Waals surface area contributed by atoms with E-state index in [1.807, 2.05) is 33.0 Å². The summed E-state index contributed by atoms with van der Waals surface area (Å²) in [5, 5.41) is 31.7. The lowest BCUT2D eigenvalue weighted by molar-refractivity contribution is 0.0162. The van der Waals surface area contributed by atoms with Gasteiger partial charge in [0.1, 0.15) is 16.9 Å². The molecular formula is C36H58N6OS. The standard InChI is InChI=1S/C34H52N6OS.C2H6/c1-5-26-16-29-18-34(17-26,14-13-32(29)39-20-27-9-11-31(41)12-10-27)23-40-24(3)30(19-35)22-38-25(4)37-21-28-8-7-15-36-33(28)42-6-2;1-2/h7-8,15,22,26-27,29,31-32,37,39-41H,4-6,9-14,16-18,20-21,23H2,1-3H3;1-2H3/b30-24+,38-22-;/t26?,27?,29-,31?,32+,34-;/m0./s1. The van der Waals surface area contributed by atoms with E-state index in [1.54, 1.807) is 18.0 Å². The van der Waals surface area contributed by atoms with E-state index in [1.165, 1.54) is 38.5 Å². The maximum atomic E-state index is 9.90. The van der Waals surface area contributed by atoms with E-state index >= 15 is 0 Å². The first-order valence-electron chi connectivity index (χ1n) is 17.1. The van der Waals surface area contributed by atoms with Crippen molar-refractivity contribution in [3.8, 4) is 6.07 Å². The van der Waals surface area contributed by atoms with Crippen LogP contribution < -0.4 is 16.0 Å². The highest BCUT2D eigenvalue weighted by Gasteiger charge is 2.46. The van der Waals surface area contributed by atoms with Gasteiger partial charge in [-0.3, -0.25) is 0 Å². The van der Waals surface area contributed by atoms with Crippen molar-refractivity contribution in [1.82, 2.24) is 20.9 Å². The van der Waals surface area contributed by atoms with Gasteiger partial charge in [0.15, 0.2) is 0 Å². The molecular weight excluding hydrogens is 565 g/mol. The minimum atomic E-state index is -0.0796. The molecule has 4 rings (SSSR count). The van der Waals surface area contributed by atoms with Gasteiger partial charge < -0.3 is 21.1 Å². The molecule has 1 heterocycles. The molecule has 0 aliphatic heterocycles. The third-order valence-corrected chi connectivity index (χ3v) is 10.8. The number of hydrogen-bond donors (Lipinski definition) is 4. The van der Waals surface area contributed by atoms with E-state index in [0.717, 1.165) is 72.6 Å². The number of nitrogens with one attached hydrogen (secondary N) is 3. The smallest absolute Gasteiger partial charge is 0.118 e. The second-order valence-electron chi connectivity index (χ2n) is 12.9. The highest BCUT2D eigenvalue weighted by atomic mass is 32.2. The number of pyridine rings is 1. The molecule has 3 aliphatic carbocycles. The van der Waals surface area contributed by atoms with E-state index in [-0.39, 0.29) is 6.10 Å². The number of aromatic nitrogens is 1.